The summed E-state index contributed by atoms with van der Waals surface area (Å²) in [5.74, 6) is -4.07. The Bertz CT molecular complexity index is 658. The van der Waals surface area contributed by atoms with Crippen LogP contribution in [-0.4, -0.2) is 20.9 Å². The van der Waals surface area contributed by atoms with E-state index < -0.39 is 40.7 Å². The van der Waals surface area contributed by atoms with Crippen molar-refractivity contribution < 1.29 is 31.9 Å². The molecule has 0 bridgehead atoms. The van der Waals surface area contributed by atoms with Crippen LogP contribution in [0.25, 0.3) is 5.69 Å². The summed E-state index contributed by atoms with van der Waals surface area (Å²) < 4.78 is 64.8. The number of alkyl halides is 3. The zero-order valence-corrected chi connectivity index (χ0v) is 9.45. The topological polar surface area (TPSA) is 55.1 Å². The van der Waals surface area contributed by atoms with Crippen molar-refractivity contribution in [3.63, 3.8) is 0 Å². The van der Waals surface area contributed by atoms with E-state index >= 15 is 0 Å². The van der Waals surface area contributed by atoms with Crippen LogP contribution < -0.4 is 0 Å². The molecule has 2 aromatic rings. The van der Waals surface area contributed by atoms with Crippen LogP contribution in [-0.2, 0) is 6.18 Å². The lowest BCUT2D eigenvalue weighted by atomic mass is 10.2. The minimum absolute atomic E-state index is 0.135. The Hall–Kier alpha value is -2.45. The molecule has 20 heavy (non-hydrogen) atoms. The van der Waals surface area contributed by atoms with Gasteiger partial charge in [0.05, 0.1) is 11.9 Å². The molecule has 0 unspecified atom stereocenters. The number of rotatable bonds is 2. The van der Waals surface area contributed by atoms with Crippen molar-refractivity contribution in [3.05, 3.63) is 47.3 Å². The summed E-state index contributed by atoms with van der Waals surface area (Å²) in [4.78, 5) is 10.7. The van der Waals surface area contributed by atoms with Gasteiger partial charge in [0.2, 0.25) is 0 Å². The van der Waals surface area contributed by atoms with Crippen molar-refractivity contribution in [3.8, 4) is 5.69 Å². The molecular weight excluding hydrogens is 287 g/mol. The average molecular weight is 292 g/mol. The highest BCUT2D eigenvalue weighted by Crippen LogP contribution is 2.33. The van der Waals surface area contributed by atoms with Crippen LogP contribution in [0.1, 0.15) is 16.1 Å². The summed E-state index contributed by atoms with van der Waals surface area (Å²) in [5, 5.41) is 11.9. The van der Waals surface area contributed by atoms with Gasteiger partial charge in [0.1, 0.15) is 17.2 Å². The molecule has 0 amide bonds. The number of carbonyl (C=O) groups is 1. The van der Waals surface area contributed by atoms with Crippen LogP contribution in [0.5, 0.6) is 0 Å². The Labute approximate surface area is 108 Å². The van der Waals surface area contributed by atoms with Crippen molar-refractivity contribution in [1.82, 2.24) is 9.78 Å². The van der Waals surface area contributed by atoms with Crippen LogP contribution in [0, 0.1) is 11.6 Å². The van der Waals surface area contributed by atoms with E-state index in [0.29, 0.717) is 24.4 Å². The van der Waals surface area contributed by atoms with Gasteiger partial charge in [-0.25, -0.2) is 18.3 Å². The number of hydrogen-bond acceptors (Lipinski definition) is 2. The Morgan fingerprint density at radius 3 is 2.15 bits per heavy atom. The number of carboxylic acid groups (broad SMARTS) is 1. The first kappa shape index (κ1) is 14.0. The highest BCUT2D eigenvalue weighted by molar-refractivity contribution is 5.89. The first-order valence-electron chi connectivity index (χ1n) is 5.05. The smallest absolute Gasteiger partial charge is 0.434 e. The second-order valence-electron chi connectivity index (χ2n) is 3.75. The third-order valence-corrected chi connectivity index (χ3v) is 2.36. The largest absolute Gasteiger partial charge is 0.478 e. The monoisotopic (exact) mass is 292 g/mol. The lowest BCUT2D eigenvalue weighted by Crippen LogP contribution is -2.17. The molecule has 0 fully saturated rings. The highest BCUT2D eigenvalue weighted by Gasteiger charge is 2.40. The van der Waals surface area contributed by atoms with Crippen molar-refractivity contribution in [2.75, 3.05) is 0 Å². The van der Waals surface area contributed by atoms with Crippen molar-refractivity contribution in [2.45, 2.75) is 6.18 Å². The number of carboxylic acids is 1. The summed E-state index contributed by atoms with van der Waals surface area (Å²) in [5.41, 5.74) is -3.29. The predicted octanol–water partition coefficient (Wildman–Crippen LogP) is 2.87. The third kappa shape index (κ3) is 2.46. The van der Waals surface area contributed by atoms with Gasteiger partial charge in [-0.15, -0.1) is 0 Å². The van der Waals surface area contributed by atoms with E-state index in [9.17, 15) is 26.7 Å². The molecule has 0 aliphatic carbocycles. The quantitative estimate of drug-likeness (QED) is 0.866. The van der Waals surface area contributed by atoms with Crippen LogP contribution in [0.15, 0.2) is 24.4 Å². The molecule has 0 saturated heterocycles. The SMILES string of the molecule is O=C(O)c1cnn(-c2cc(F)cc(F)c2)c1C(F)(F)F. The van der Waals surface area contributed by atoms with Gasteiger partial charge in [-0.05, 0) is 12.1 Å². The Morgan fingerprint density at radius 1 is 1.15 bits per heavy atom. The molecule has 9 heteroatoms. The number of aromatic carboxylic acids is 1. The maximum atomic E-state index is 13.0. The van der Waals surface area contributed by atoms with Gasteiger partial charge in [-0.2, -0.15) is 18.3 Å². The van der Waals surface area contributed by atoms with Gasteiger partial charge >= 0.3 is 12.1 Å². The van der Waals surface area contributed by atoms with Gasteiger partial charge in [-0.3, -0.25) is 0 Å². The summed E-state index contributed by atoms with van der Waals surface area (Å²) in [6, 6.07) is 1.69. The lowest BCUT2D eigenvalue weighted by molar-refractivity contribution is -0.143. The van der Waals surface area contributed by atoms with Crippen molar-refractivity contribution in [1.29, 1.82) is 0 Å². The zero-order chi connectivity index (χ0) is 15.1. The molecule has 1 aromatic carbocycles. The summed E-state index contributed by atoms with van der Waals surface area (Å²) in [6.07, 6.45) is -4.58. The molecule has 1 aromatic heterocycles. The second kappa shape index (κ2) is 4.58. The average Bonchev–Trinajstić information content (AvgIpc) is 2.71. The summed E-state index contributed by atoms with van der Waals surface area (Å²) in [7, 11) is 0. The standard InChI is InChI=1S/C11H5F5N2O2/c12-5-1-6(13)3-7(2-5)18-9(11(14,15)16)8(4-17-18)10(19)20/h1-4H,(H,19,20). The fourth-order valence-electron chi connectivity index (χ4n) is 1.64. The normalized spacial score (nSPS) is 11.7. The predicted molar refractivity (Wildman–Crippen MR) is 55.4 cm³/mol. The first-order valence-corrected chi connectivity index (χ1v) is 5.05. The fraction of sp³-hybridized carbons (Fsp3) is 0.0909. The number of aromatic nitrogens is 2. The molecule has 0 aliphatic heterocycles. The van der Waals surface area contributed by atoms with E-state index in [1.807, 2.05) is 0 Å². The fourth-order valence-corrected chi connectivity index (χ4v) is 1.64. The third-order valence-electron chi connectivity index (χ3n) is 2.36. The molecule has 0 atom stereocenters. The van der Waals surface area contributed by atoms with E-state index in [1.54, 1.807) is 0 Å². The molecule has 0 saturated carbocycles. The van der Waals surface area contributed by atoms with E-state index in [4.69, 9.17) is 5.11 Å². The van der Waals surface area contributed by atoms with E-state index in [-0.39, 0.29) is 4.68 Å². The number of benzene rings is 1. The molecule has 0 radical (unpaired) electrons. The molecule has 2 rings (SSSR count). The molecule has 106 valence electrons. The zero-order valence-electron chi connectivity index (χ0n) is 9.45. The van der Waals surface area contributed by atoms with Gasteiger partial charge in [0, 0.05) is 6.07 Å². The van der Waals surface area contributed by atoms with E-state index in [2.05, 4.69) is 5.10 Å². The van der Waals surface area contributed by atoms with Crippen molar-refractivity contribution in [2.24, 2.45) is 0 Å². The second-order valence-corrected chi connectivity index (χ2v) is 3.75. The highest BCUT2D eigenvalue weighted by atomic mass is 19.4. The van der Waals surface area contributed by atoms with Crippen LogP contribution in [0.3, 0.4) is 0 Å². The van der Waals surface area contributed by atoms with Gasteiger partial charge in [-0.1, -0.05) is 0 Å². The molecule has 0 aliphatic rings. The van der Waals surface area contributed by atoms with Gasteiger partial charge in [0.15, 0.2) is 5.69 Å². The Morgan fingerprint density at radius 2 is 1.70 bits per heavy atom. The molecule has 1 N–H and O–H groups in total. The van der Waals surface area contributed by atoms with E-state index in [0.717, 1.165) is 0 Å². The maximum Gasteiger partial charge on any atom is 0.434 e. The van der Waals surface area contributed by atoms with Crippen LogP contribution in [0.4, 0.5) is 22.0 Å². The number of nitrogens with zero attached hydrogens (tertiary/aromatic N) is 2. The Kier molecular flexibility index (Phi) is 3.20. The summed E-state index contributed by atoms with van der Waals surface area (Å²) >= 11 is 0. The maximum absolute atomic E-state index is 13.0. The van der Waals surface area contributed by atoms with Gasteiger partial charge < -0.3 is 5.11 Å². The molecule has 0 spiro atoms. The summed E-state index contributed by atoms with van der Waals surface area (Å²) in [6.45, 7) is 0. The first-order chi connectivity index (χ1) is 9.20. The molecular formula is C11H5F5N2O2. The minimum Gasteiger partial charge on any atom is -0.478 e. The number of halogens is 5. The lowest BCUT2D eigenvalue weighted by Gasteiger charge is -2.11. The van der Waals surface area contributed by atoms with Crippen molar-refractivity contribution >= 4 is 5.97 Å². The Balaban J connectivity index is 2.72. The number of hydrogen-bond donors (Lipinski definition) is 1. The van der Waals surface area contributed by atoms with Crippen LogP contribution in [0.2, 0.25) is 0 Å². The van der Waals surface area contributed by atoms with Gasteiger partial charge in [0.25, 0.3) is 0 Å². The molecule has 1 heterocycles. The molecule has 4 nitrogen and oxygen atoms in total. The minimum atomic E-state index is -5.05. The van der Waals surface area contributed by atoms with Crippen LogP contribution >= 0.6 is 0 Å². The van der Waals surface area contributed by atoms with E-state index in [1.165, 1.54) is 0 Å².